The topological polar surface area (TPSA) is 6.48 Å². The summed E-state index contributed by atoms with van der Waals surface area (Å²) in [5.41, 5.74) is 2.59. The van der Waals surface area contributed by atoms with Crippen molar-refractivity contribution in [1.29, 1.82) is 0 Å². The lowest BCUT2D eigenvalue weighted by atomic mass is 9.43. The summed E-state index contributed by atoms with van der Waals surface area (Å²) in [6.45, 7) is 10.6. The maximum absolute atomic E-state index is 2.77. The second-order valence-corrected chi connectivity index (χ2v) is 13.3. The van der Waals surface area contributed by atoms with Gasteiger partial charge in [0.25, 0.3) is 0 Å². The molecule has 2 heteroatoms. The van der Waals surface area contributed by atoms with Gasteiger partial charge in [-0.05, 0) is 138 Å². The Labute approximate surface area is 181 Å². The molecule has 5 fully saturated rings. The second-order valence-electron chi connectivity index (χ2n) is 13.3. The van der Waals surface area contributed by atoms with E-state index in [1.807, 2.05) is 0 Å². The van der Waals surface area contributed by atoms with Gasteiger partial charge in [0.05, 0.1) is 0 Å². The second kappa shape index (κ2) is 6.25. The van der Waals surface area contributed by atoms with Crippen molar-refractivity contribution >= 4 is 0 Å². The molecular weight excluding hydrogens is 352 g/mol. The third-order valence-electron chi connectivity index (χ3n) is 12.8. The molecule has 0 aromatic rings. The fourth-order valence-electron chi connectivity index (χ4n) is 10.9. The number of hydrogen-bond donors (Lipinski definition) is 0. The van der Waals surface area contributed by atoms with E-state index in [-0.39, 0.29) is 0 Å². The molecule has 5 aliphatic rings. The molecular formula is C27H48N2. The standard InChI is InChI=1S/C27H48N2/c1-18-20-9-10-23-25(4)13-11-21(19(2)28(5)6)24(25,3)15-16-27(23)17-26(20,27)14-12-22(18)29(7)8/h18-23H,9-17H2,1-8H3/t18-,19+,20+,21-,22+,23+,24-,25+,26-,27+/m1/s1. The molecule has 0 aromatic heterocycles. The van der Waals surface area contributed by atoms with Crippen LogP contribution in [0.25, 0.3) is 0 Å². The van der Waals surface area contributed by atoms with E-state index >= 15 is 0 Å². The van der Waals surface area contributed by atoms with Crippen LogP contribution in [0, 0.1) is 45.3 Å². The van der Waals surface area contributed by atoms with Crippen molar-refractivity contribution in [3.63, 3.8) is 0 Å². The fourth-order valence-corrected chi connectivity index (χ4v) is 10.9. The van der Waals surface area contributed by atoms with Crippen molar-refractivity contribution in [2.24, 2.45) is 45.3 Å². The highest BCUT2D eigenvalue weighted by Gasteiger charge is 2.81. The third-order valence-corrected chi connectivity index (χ3v) is 12.8. The highest BCUT2D eigenvalue weighted by atomic mass is 15.1. The van der Waals surface area contributed by atoms with E-state index in [9.17, 15) is 0 Å². The maximum Gasteiger partial charge on any atom is 0.0118 e. The van der Waals surface area contributed by atoms with E-state index < -0.39 is 0 Å². The van der Waals surface area contributed by atoms with E-state index in [1.54, 1.807) is 12.8 Å². The molecule has 10 atom stereocenters. The molecule has 0 radical (unpaired) electrons. The van der Waals surface area contributed by atoms with Crippen molar-refractivity contribution in [3.05, 3.63) is 0 Å². The molecule has 0 amide bonds. The molecule has 2 spiro atoms. The lowest BCUT2D eigenvalue weighted by Gasteiger charge is -2.62. The molecule has 0 unspecified atom stereocenters. The summed E-state index contributed by atoms with van der Waals surface area (Å²) in [6, 6.07) is 1.54. The van der Waals surface area contributed by atoms with Crippen LogP contribution < -0.4 is 0 Å². The quantitative estimate of drug-likeness (QED) is 0.580. The lowest BCUT2D eigenvalue weighted by molar-refractivity contribution is -0.138. The number of hydrogen-bond acceptors (Lipinski definition) is 2. The molecule has 0 bridgehead atoms. The minimum atomic E-state index is 0.551. The summed E-state index contributed by atoms with van der Waals surface area (Å²) in [4.78, 5) is 5.05. The molecule has 5 rings (SSSR count). The monoisotopic (exact) mass is 400 g/mol. The summed E-state index contributed by atoms with van der Waals surface area (Å²) in [5.74, 6) is 3.79. The van der Waals surface area contributed by atoms with Crippen LogP contribution in [-0.4, -0.2) is 50.1 Å². The Kier molecular flexibility index (Phi) is 4.48. The van der Waals surface area contributed by atoms with E-state index in [4.69, 9.17) is 0 Å². The predicted molar refractivity (Wildman–Crippen MR) is 123 cm³/mol. The number of fused-ring (bicyclic) bond motifs is 2. The SMILES string of the molecule is C[C@H]1[C@@H](N(C)C)CC[C@]23C[C@]24CC[C@]2(C)[C@@H]([C@H](C)N(C)C)CC[C@@]2(C)[C@@H]4CC[C@@H]13. The van der Waals surface area contributed by atoms with Gasteiger partial charge in [-0.25, -0.2) is 0 Å². The zero-order valence-electron chi connectivity index (χ0n) is 20.7. The van der Waals surface area contributed by atoms with Gasteiger partial charge in [0.2, 0.25) is 0 Å². The van der Waals surface area contributed by atoms with Crippen molar-refractivity contribution < 1.29 is 0 Å². The fraction of sp³-hybridized carbons (Fsp3) is 1.00. The average molecular weight is 401 g/mol. The highest BCUT2D eigenvalue weighted by Crippen LogP contribution is 2.88. The molecule has 2 nitrogen and oxygen atoms in total. The van der Waals surface area contributed by atoms with Crippen LogP contribution in [0.1, 0.15) is 85.5 Å². The van der Waals surface area contributed by atoms with Crippen molar-refractivity contribution in [1.82, 2.24) is 9.80 Å². The number of rotatable bonds is 3. The van der Waals surface area contributed by atoms with Crippen molar-refractivity contribution in [2.75, 3.05) is 28.2 Å². The van der Waals surface area contributed by atoms with Crippen molar-refractivity contribution in [3.8, 4) is 0 Å². The van der Waals surface area contributed by atoms with Gasteiger partial charge >= 0.3 is 0 Å². The first-order valence-electron chi connectivity index (χ1n) is 12.9. The molecule has 29 heavy (non-hydrogen) atoms. The molecule has 0 N–H and O–H groups in total. The summed E-state index contributed by atoms with van der Waals surface area (Å²) >= 11 is 0. The Morgan fingerprint density at radius 1 is 0.793 bits per heavy atom. The van der Waals surface area contributed by atoms with E-state index in [0.29, 0.717) is 10.8 Å². The summed E-state index contributed by atoms with van der Waals surface area (Å²) < 4.78 is 0. The zero-order valence-corrected chi connectivity index (χ0v) is 20.7. The minimum Gasteiger partial charge on any atom is -0.306 e. The molecule has 166 valence electrons. The predicted octanol–water partition coefficient (Wildman–Crippen LogP) is 5.92. The third kappa shape index (κ3) is 2.32. The van der Waals surface area contributed by atoms with Crippen LogP contribution in [0.3, 0.4) is 0 Å². The molecule has 0 saturated heterocycles. The van der Waals surface area contributed by atoms with E-state index in [0.717, 1.165) is 46.6 Å². The Morgan fingerprint density at radius 3 is 2.17 bits per heavy atom. The Bertz CT molecular complexity index is 671. The Hall–Kier alpha value is -0.0800. The van der Waals surface area contributed by atoms with E-state index in [1.165, 1.54) is 44.9 Å². The van der Waals surface area contributed by atoms with Gasteiger partial charge < -0.3 is 9.80 Å². The number of nitrogens with zero attached hydrogens (tertiary/aromatic N) is 2. The largest absolute Gasteiger partial charge is 0.306 e. The smallest absolute Gasteiger partial charge is 0.0118 e. The molecule has 5 aliphatic carbocycles. The van der Waals surface area contributed by atoms with Crippen LogP contribution in [0.5, 0.6) is 0 Å². The van der Waals surface area contributed by atoms with Gasteiger partial charge in [-0.15, -0.1) is 0 Å². The first-order chi connectivity index (χ1) is 13.5. The van der Waals surface area contributed by atoms with Gasteiger partial charge in [0.1, 0.15) is 0 Å². The summed E-state index contributed by atoms with van der Waals surface area (Å²) in [6.07, 6.45) is 13.7. The van der Waals surface area contributed by atoms with Gasteiger partial charge in [-0.3, -0.25) is 0 Å². The normalized spacial score (nSPS) is 57.1. The Morgan fingerprint density at radius 2 is 1.52 bits per heavy atom. The van der Waals surface area contributed by atoms with Crippen LogP contribution in [0.4, 0.5) is 0 Å². The first kappa shape index (κ1) is 20.8. The Balaban J connectivity index is 1.46. The maximum atomic E-state index is 2.77. The van der Waals surface area contributed by atoms with Crippen LogP contribution in [0.2, 0.25) is 0 Å². The molecule has 5 saturated carbocycles. The average Bonchev–Trinajstić information content (AvgIpc) is 3.23. The molecule has 0 heterocycles. The van der Waals surface area contributed by atoms with Gasteiger partial charge in [0.15, 0.2) is 0 Å². The van der Waals surface area contributed by atoms with Crippen LogP contribution in [0.15, 0.2) is 0 Å². The molecule has 0 aliphatic heterocycles. The van der Waals surface area contributed by atoms with E-state index in [2.05, 4.69) is 65.7 Å². The van der Waals surface area contributed by atoms with Crippen LogP contribution >= 0.6 is 0 Å². The van der Waals surface area contributed by atoms with Crippen molar-refractivity contribution in [2.45, 2.75) is 97.6 Å². The summed E-state index contributed by atoms with van der Waals surface area (Å²) in [5, 5.41) is 0. The van der Waals surface area contributed by atoms with Gasteiger partial charge in [0, 0.05) is 12.1 Å². The highest BCUT2D eigenvalue weighted by molar-refractivity contribution is 5.29. The van der Waals surface area contributed by atoms with Gasteiger partial charge in [-0.1, -0.05) is 20.8 Å². The zero-order chi connectivity index (χ0) is 21.0. The molecule has 0 aromatic carbocycles. The van der Waals surface area contributed by atoms with Crippen LogP contribution in [-0.2, 0) is 0 Å². The lowest BCUT2D eigenvalue weighted by Crippen LogP contribution is -2.57. The minimum absolute atomic E-state index is 0.551. The van der Waals surface area contributed by atoms with Gasteiger partial charge in [-0.2, -0.15) is 0 Å². The first-order valence-corrected chi connectivity index (χ1v) is 12.9. The summed E-state index contributed by atoms with van der Waals surface area (Å²) in [7, 11) is 9.26.